The molecular weight excluding hydrogens is 222 g/mol. The second-order valence-electron chi connectivity index (χ2n) is 4.05. The summed E-state index contributed by atoms with van der Waals surface area (Å²) in [5.74, 6) is 0. The first kappa shape index (κ1) is 12.0. The highest BCUT2D eigenvalue weighted by atomic mass is 14.9. The van der Waals surface area contributed by atoms with E-state index in [4.69, 9.17) is 11.0 Å². The van der Waals surface area contributed by atoms with Crippen molar-refractivity contribution >= 4 is 17.1 Å². The van der Waals surface area contributed by atoms with Crippen molar-refractivity contribution in [2.75, 3.05) is 11.1 Å². The second kappa shape index (κ2) is 5.24. The van der Waals surface area contributed by atoms with Crippen LogP contribution >= 0.6 is 0 Å². The van der Waals surface area contributed by atoms with Crippen LogP contribution in [0.2, 0.25) is 0 Å². The summed E-state index contributed by atoms with van der Waals surface area (Å²) < 4.78 is 0. The molecule has 0 aliphatic carbocycles. The average molecular weight is 237 g/mol. The van der Waals surface area contributed by atoms with Gasteiger partial charge in [0, 0.05) is 17.1 Å². The molecule has 2 rings (SSSR count). The lowest BCUT2D eigenvalue weighted by Crippen LogP contribution is -1.97. The number of nitriles is 1. The zero-order valence-electron chi connectivity index (χ0n) is 10.3. The topological polar surface area (TPSA) is 61.8 Å². The number of hydrogen-bond acceptors (Lipinski definition) is 3. The van der Waals surface area contributed by atoms with E-state index in [1.165, 1.54) is 5.56 Å². The lowest BCUT2D eigenvalue weighted by atomic mass is 10.1. The average Bonchev–Trinajstić information content (AvgIpc) is 2.41. The maximum Gasteiger partial charge on any atom is 0.101 e. The van der Waals surface area contributed by atoms with Crippen molar-refractivity contribution in [1.29, 1.82) is 5.26 Å². The summed E-state index contributed by atoms with van der Waals surface area (Å²) in [5, 5.41) is 12.3. The van der Waals surface area contributed by atoms with Gasteiger partial charge < -0.3 is 11.1 Å². The lowest BCUT2D eigenvalue weighted by Gasteiger charge is -2.11. The largest absolute Gasteiger partial charge is 0.398 e. The van der Waals surface area contributed by atoms with E-state index < -0.39 is 0 Å². The Morgan fingerprint density at radius 3 is 2.72 bits per heavy atom. The summed E-state index contributed by atoms with van der Waals surface area (Å²) in [6, 6.07) is 15.6. The van der Waals surface area contributed by atoms with Gasteiger partial charge in [0.15, 0.2) is 0 Å². The van der Waals surface area contributed by atoms with Gasteiger partial charge in [-0.3, -0.25) is 0 Å². The Balaban J connectivity index is 2.32. The van der Waals surface area contributed by atoms with Gasteiger partial charge in [0.1, 0.15) is 6.07 Å². The molecule has 0 radical (unpaired) electrons. The van der Waals surface area contributed by atoms with Gasteiger partial charge in [-0.1, -0.05) is 25.1 Å². The van der Waals surface area contributed by atoms with Gasteiger partial charge in [0.2, 0.25) is 0 Å². The maximum absolute atomic E-state index is 8.95. The number of aryl methyl sites for hydroxylation is 1. The van der Waals surface area contributed by atoms with Gasteiger partial charge in [-0.25, -0.2) is 0 Å². The zero-order valence-corrected chi connectivity index (χ0v) is 10.3. The van der Waals surface area contributed by atoms with E-state index in [1.807, 2.05) is 24.3 Å². The van der Waals surface area contributed by atoms with Crippen molar-refractivity contribution < 1.29 is 0 Å². The van der Waals surface area contributed by atoms with Crippen molar-refractivity contribution in [3.05, 3.63) is 53.6 Å². The van der Waals surface area contributed by atoms with Crippen LogP contribution in [0.15, 0.2) is 42.5 Å². The molecule has 3 heteroatoms. The minimum Gasteiger partial charge on any atom is -0.398 e. The molecule has 0 saturated carbocycles. The van der Waals surface area contributed by atoms with E-state index in [-0.39, 0.29) is 0 Å². The number of nitrogen functional groups attached to an aromatic ring is 1. The predicted molar refractivity (Wildman–Crippen MR) is 74.7 cm³/mol. The molecule has 0 saturated heterocycles. The molecule has 3 N–H and O–H groups in total. The highest BCUT2D eigenvalue weighted by Crippen LogP contribution is 2.23. The molecule has 3 nitrogen and oxygen atoms in total. The van der Waals surface area contributed by atoms with Gasteiger partial charge in [0.25, 0.3) is 0 Å². The van der Waals surface area contributed by atoms with Crippen LogP contribution in [0.3, 0.4) is 0 Å². The number of rotatable bonds is 3. The van der Waals surface area contributed by atoms with Crippen LogP contribution in [-0.2, 0) is 6.42 Å². The van der Waals surface area contributed by atoms with E-state index in [1.54, 1.807) is 12.1 Å². The number of nitrogens with two attached hydrogens (primary N) is 1. The van der Waals surface area contributed by atoms with E-state index in [9.17, 15) is 0 Å². The molecule has 0 aliphatic heterocycles. The summed E-state index contributed by atoms with van der Waals surface area (Å²) >= 11 is 0. The summed E-state index contributed by atoms with van der Waals surface area (Å²) in [4.78, 5) is 0. The molecule has 0 unspecified atom stereocenters. The van der Waals surface area contributed by atoms with Crippen molar-refractivity contribution in [1.82, 2.24) is 0 Å². The van der Waals surface area contributed by atoms with Crippen LogP contribution in [-0.4, -0.2) is 0 Å². The van der Waals surface area contributed by atoms with E-state index >= 15 is 0 Å². The van der Waals surface area contributed by atoms with Crippen molar-refractivity contribution in [2.45, 2.75) is 13.3 Å². The highest BCUT2D eigenvalue weighted by molar-refractivity contribution is 5.68. The highest BCUT2D eigenvalue weighted by Gasteiger charge is 2.03. The predicted octanol–water partition coefficient (Wildman–Crippen LogP) is 3.45. The Morgan fingerprint density at radius 1 is 1.22 bits per heavy atom. The summed E-state index contributed by atoms with van der Waals surface area (Å²) in [5.41, 5.74) is 9.88. The van der Waals surface area contributed by atoms with Gasteiger partial charge in [-0.15, -0.1) is 0 Å². The molecule has 0 bridgehead atoms. The number of hydrogen-bond donors (Lipinski definition) is 2. The molecule has 0 atom stereocenters. The summed E-state index contributed by atoms with van der Waals surface area (Å²) in [7, 11) is 0. The van der Waals surface area contributed by atoms with Gasteiger partial charge in [-0.05, 0) is 36.2 Å². The number of para-hydroxylation sites is 1. The van der Waals surface area contributed by atoms with Gasteiger partial charge >= 0.3 is 0 Å². The SMILES string of the molecule is CCc1ccccc1Nc1ccc(N)c(C#N)c1. The molecule has 0 aliphatic rings. The minimum atomic E-state index is 0.494. The molecule has 2 aromatic carbocycles. The van der Waals surface area contributed by atoms with Crippen LogP contribution in [0.5, 0.6) is 0 Å². The Labute approximate surface area is 107 Å². The first-order valence-corrected chi connectivity index (χ1v) is 5.89. The van der Waals surface area contributed by atoms with E-state index in [0.29, 0.717) is 11.3 Å². The lowest BCUT2D eigenvalue weighted by molar-refractivity contribution is 1.14. The Hall–Kier alpha value is -2.47. The smallest absolute Gasteiger partial charge is 0.101 e. The third-order valence-electron chi connectivity index (χ3n) is 2.85. The zero-order chi connectivity index (χ0) is 13.0. The quantitative estimate of drug-likeness (QED) is 0.804. The van der Waals surface area contributed by atoms with Crippen LogP contribution < -0.4 is 11.1 Å². The van der Waals surface area contributed by atoms with Crippen LogP contribution in [0, 0.1) is 11.3 Å². The molecule has 2 aromatic rings. The Kier molecular flexibility index (Phi) is 3.49. The first-order valence-electron chi connectivity index (χ1n) is 5.89. The molecule has 0 fully saturated rings. The molecule has 0 amide bonds. The van der Waals surface area contributed by atoms with Gasteiger partial charge in [-0.2, -0.15) is 5.26 Å². The fourth-order valence-electron chi connectivity index (χ4n) is 1.84. The Morgan fingerprint density at radius 2 is 2.00 bits per heavy atom. The number of benzene rings is 2. The fourth-order valence-corrected chi connectivity index (χ4v) is 1.84. The monoisotopic (exact) mass is 237 g/mol. The van der Waals surface area contributed by atoms with Crippen molar-refractivity contribution in [2.24, 2.45) is 0 Å². The standard InChI is InChI=1S/C15H15N3/c1-2-11-5-3-4-6-15(11)18-13-7-8-14(17)12(9-13)10-16/h3-9,18H,2,17H2,1H3. The van der Waals surface area contributed by atoms with Crippen molar-refractivity contribution in [3.63, 3.8) is 0 Å². The molecule has 0 heterocycles. The molecule has 90 valence electrons. The van der Waals surface area contributed by atoms with E-state index in [0.717, 1.165) is 17.8 Å². The number of anilines is 3. The summed E-state index contributed by atoms with van der Waals surface area (Å²) in [6.45, 7) is 2.12. The summed E-state index contributed by atoms with van der Waals surface area (Å²) in [6.07, 6.45) is 0.962. The Bertz CT molecular complexity index is 597. The normalized spacial score (nSPS) is 9.78. The van der Waals surface area contributed by atoms with E-state index in [2.05, 4.69) is 24.4 Å². The number of nitrogens with zero attached hydrogens (tertiary/aromatic N) is 1. The maximum atomic E-state index is 8.95. The molecule has 18 heavy (non-hydrogen) atoms. The molecular formula is C15H15N3. The second-order valence-corrected chi connectivity index (χ2v) is 4.05. The fraction of sp³-hybridized carbons (Fsp3) is 0.133. The van der Waals surface area contributed by atoms with Crippen LogP contribution in [0.25, 0.3) is 0 Å². The van der Waals surface area contributed by atoms with Crippen LogP contribution in [0.1, 0.15) is 18.1 Å². The third-order valence-corrected chi connectivity index (χ3v) is 2.85. The third kappa shape index (κ3) is 2.44. The first-order chi connectivity index (χ1) is 8.74. The van der Waals surface area contributed by atoms with Crippen LogP contribution in [0.4, 0.5) is 17.1 Å². The van der Waals surface area contributed by atoms with Crippen molar-refractivity contribution in [3.8, 4) is 6.07 Å². The minimum absolute atomic E-state index is 0.494. The molecule has 0 spiro atoms. The molecule has 0 aromatic heterocycles. The van der Waals surface area contributed by atoms with Gasteiger partial charge in [0.05, 0.1) is 5.56 Å². The number of nitrogens with one attached hydrogen (secondary N) is 1.